The number of halogens is 5. The number of hydrogen-bond acceptors (Lipinski definition) is 3. The quantitative estimate of drug-likeness (QED) is 0.379. The lowest BCUT2D eigenvalue weighted by Gasteiger charge is -2.19. The summed E-state index contributed by atoms with van der Waals surface area (Å²) in [4.78, 5) is 9.70. The van der Waals surface area contributed by atoms with Crippen LogP contribution in [0.3, 0.4) is 0 Å². The summed E-state index contributed by atoms with van der Waals surface area (Å²) in [5.41, 5.74) is -0.912. The average molecular weight is 316 g/mol. The topological polar surface area (TPSA) is 38.7 Å². The lowest BCUT2D eigenvalue weighted by atomic mass is 10.1. The van der Waals surface area contributed by atoms with Crippen molar-refractivity contribution in [2.24, 2.45) is 0 Å². The maximum atomic E-state index is 13.4. The van der Waals surface area contributed by atoms with Gasteiger partial charge in [-0.05, 0) is 12.8 Å². The molecular formula is C11H13F5O3Si. The van der Waals surface area contributed by atoms with E-state index in [1.807, 2.05) is 0 Å². The van der Waals surface area contributed by atoms with Gasteiger partial charge in [0, 0.05) is 25.8 Å². The SMILES string of the molecule is CO[Si](O)(CCCc1c(F)c(F)c(F)c(F)c1F)OC. The van der Waals surface area contributed by atoms with Crippen LogP contribution in [0.1, 0.15) is 12.0 Å². The first kappa shape index (κ1) is 17.0. The fourth-order valence-electron chi connectivity index (χ4n) is 1.65. The summed E-state index contributed by atoms with van der Waals surface area (Å²) in [6.07, 6.45) is -0.490. The number of benzene rings is 1. The summed E-state index contributed by atoms with van der Waals surface area (Å²) in [6.45, 7) is 0. The second-order valence-electron chi connectivity index (χ2n) is 4.02. The highest BCUT2D eigenvalue weighted by molar-refractivity contribution is 6.59. The molecule has 0 amide bonds. The Hall–Kier alpha value is -1.03. The Kier molecular flexibility index (Phi) is 5.63. The highest BCUT2D eigenvalue weighted by Crippen LogP contribution is 2.25. The summed E-state index contributed by atoms with van der Waals surface area (Å²) in [5.74, 6) is -9.87. The van der Waals surface area contributed by atoms with Gasteiger partial charge in [0.25, 0.3) is 0 Å². The van der Waals surface area contributed by atoms with Crippen LogP contribution >= 0.6 is 0 Å². The first-order valence-corrected chi connectivity index (χ1v) is 7.57. The van der Waals surface area contributed by atoms with E-state index in [0.717, 1.165) is 0 Å². The summed E-state index contributed by atoms with van der Waals surface area (Å²) in [7, 11) is -1.03. The minimum Gasteiger partial charge on any atom is -0.390 e. The standard InChI is InChI=1S/C11H13F5O3Si/c1-18-20(17,19-2)5-3-4-6-7(12)9(14)11(16)10(15)8(6)13/h17H,3-5H2,1-2H3. The second-order valence-corrected chi connectivity index (χ2v) is 6.76. The van der Waals surface area contributed by atoms with Crippen LogP contribution in [0.25, 0.3) is 0 Å². The van der Waals surface area contributed by atoms with Crippen LogP contribution in [0.4, 0.5) is 22.0 Å². The van der Waals surface area contributed by atoms with Crippen molar-refractivity contribution < 1.29 is 35.6 Å². The zero-order chi connectivity index (χ0) is 15.5. The van der Waals surface area contributed by atoms with E-state index in [9.17, 15) is 26.7 Å². The molecule has 20 heavy (non-hydrogen) atoms. The van der Waals surface area contributed by atoms with Gasteiger partial charge in [-0.1, -0.05) is 0 Å². The molecule has 0 fully saturated rings. The van der Waals surface area contributed by atoms with E-state index in [1.54, 1.807) is 0 Å². The van der Waals surface area contributed by atoms with Gasteiger partial charge in [0.1, 0.15) is 0 Å². The smallest absolute Gasteiger partial charge is 0.390 e. The summed E-state index contributed by atoms with van der Waals surface area (Å²) >= 11 is 0. The van der Waals surface area contributed by atoms with Gasteiger partial charge in [0.05, 0.1) is 0 Å². The molecule has 0 spiro atoms. The third-order valence-electron chi connectivity index (χ3n) is 2.86. The molecule has 0 saturated heterocycles. The van der Waals surface area contributed by atoms with Crippen LogP contribution in [0.5, 0.6) is 0 Å². The summed E-state index contributed by atoms with van der Waals surface area (Å²) in [5, 5.41) is 0. The van der Waals surface area contributed by atoms with Crippen molar-refractivity contribution >= 4 is 8.80 Å². The van der Waals surface area contributed by atoms with E-state index in [2.05, 4.69) is 0 Å². The molecule has 0 aliphatic rings. The Morgan fingerprint density at radius 2 is 1.25 bits per heavy atom. The van der Waals surface area contributed by atoms with Gasteiger partial charge < -0.3 is 13.6 Å². The fraction of sp³-hybridized carbons (Fsp3) is 0.455. The van der Waals surface area contributed by atoms with Crippen molar-refractivity contribution in [3.63, 3.8) is 0 Å². The first-order valence-electron chi connectivity index (χ1n) is 5.60. The Bertz CT molecular complexity index is 464. The van der Waals surface area contributed by atoms with E-state index in [1.165, 1.54) is 14.2 Å². The Balaban J connectivity index is 2.90. The molecule has 9 heteroatoms. The molecule has 0 atom stereocenters. The van der Waals surface area contributed by atoms with E-state index >= 15 is 0 Å². The van der Waals surface area contributed by atoms with Crippen LogP contribution in [0.15, 0.2) is 0 Å². The molecule has 0 aliphatic carbocycles. The second kappa shape index (κ2) is 6.61. The van der Waals surface area contributed by atoms with Crippen LogP contribution in [-0.2, 0) is 15.3 Å². The molecule has 1 N–H and O–H groups in total. The molecule has 1 aromatic carbocycles. The largest absolute Gasteiger partial charge is 0.497 e. The molecule has 0 saturated carbocycles. The normalized spacial score (nSPS) is 12.0. The van der Waals surface area contributed by atoms with Crippen molar-refractivity contribution in [1.82, 2.24) is 0 Å². The van der Waals surface area contributed by atoms with Crippen molar-refractivity contribution in [2.45, 2.75) is 18.9 Å². The Morgan fingerprint density at radius 3 is 1.65 bits per heavy atom. The maximum absolute atomic E-state index is 13.4. The third-order valence-corrected chi connectivity index (χ3v) is 5.12. The van der Waals surface area contributed by atoms with Gasteiger partial charge in [0.2, 0.25) is 5.82 Å². The van der Waals surface area contributed by atoms with Crippen LogP contribution in [0.2, 0.25) is 6.04 Å². The lowest BCUT2D eigenvalue weighted by Crippen LogP contribution is -2.40. The molecular weight excluding hydrogens is 303 g/mol. The van der Waals surface area contributed by atoms with E-state index < -0.39 is 49.9 Å². The minimum absolute atomic E-state index is 0.0528. The predicted octanol–water partition coefficient (Wildman–Crippen LogP) is 2.54. The summed E-state index contributed by atoms with van der Waals surface area (Å²) in [6, 6.07) is -0.0699. The zero-order valence-electron chi connectivity index (χ0n) is 10.8. The van der Waals surface area contributed by atoms with Crippen LogP contribution < -0.4 is 0 Å². The third kappa shape index (κ3) is 3.34. The minimum atomic E-state index is -3.43. The van der Waals surface area contributed by atoms with E-state index in [0.29, 0.717) is 0 Å². The van der Waals surface area contributed by atoms with E-state index in [-0.39, 0.29) is 12.5 Å². The molecule has 1 aromatic rings. The molecule has 1 rings (SSSR count). The Morgan fingerprint density at radius 1 is 0.850 bits per heavy atom. The van der Waals surface area contributed by atoms with Gasteiger partial charge in [0.15, 0.2) is 23.3 Å². The summed E-state index contributed by atoms with van der Waals surface area (Å²) < 4.78 is 74.9. The molecule has 0 unspecified atom stereocenters. The maximum Gasteiger partial charge on any atom is 0.497 e. The van der Waals surface area contributed by atoms with Gasteiger partial charge in [-0.2, -0.15) is 0 Å². The average Bonchev–Trinajstić information content (AvgIpc) is 2.46. The van der Waals surface area contributed by atoms with Crippen LogP contribution in [0, 0.1) is 29.1 Å². The van der Waals surface area contributed by atoms with E-state index in [4.69, 9.17) is 8.85 Å². The molecule has 0 aromatic heterocycles. The Labute approximate surface area is 113 Å². The molecule has 0 heterocycles. The molecule has 0 aliphatic heterocycles. The molecule has 114 valence electrons. The zero-order valence-corrected chi connectivity index (χ0v) is 11.8. The molecule has 0 bridgehead atoms. The van der Waals surface area contributed by atoms with Gasteiger partial charge in [-0.15, -0.1) is 0 Å². The lowest BCUT2D eigenvalue weighted by molar-refractivity contribution is 0.150. The van der Waals surface area contributed by atoms with Gasteiger partial charge in [-0.3, -0.25) is 0 Å². The van der Waals surface area contributed by atoms with Gasteiger partial charge in [-0.25, -0.2) is 22.0 Å². The van der Waals surface area contributed by atoms with Crippen molar-refractivity contribution in [3.05, 3.63) is 34.6 Å². The van der Waals surface area contributed by atoms with Crippen molar-refractivity contribution in [1.29, 1.82) is 0 Å². The number of rotatable bonds is 6. The van der Waals surface area contributed by atoms with Gasteiger partial charge >= 0.3 is 8.80 Å². The molecule has 0 radical (unpaired) electrons. The predicted molar refractivity (Wildman–Crippen MR) is 61.4 cm³/mol. The highest BCUT2D eigenvalue weighted by atomic mass is 28.4. The highest BCUT2D eigenvalue weighted by Gasteiger charge is 2.34. The number of hydrogen-bond donors (Lipinski definition) is 1. The monoisotopic (exact) mass is 316 g/mol. The molecule has 3 nitrogen and oxygen atoms in total. The first-order chi connectivity index (χ1) is 9.27. The van der Waals surface area contributed by atoms with Crippen molar-refractivity contribution in [2.75, 3.05) is 14.2 Å². The van der Waals surface area contributed by atoms with Crippen LogP contribution in [-0.4, -0.2) is 27.8 Å². The van der Waals surface area contributed by atoms with Crippen molar-refractivity contribution in [3.8, 4) is 0 Å². The fourth-order valence-corrected chi connectivity index (χ4v) is 2.84.